The van der Waals surface area contributed by atoms with Crippen LogP contribution in [-0.4, -0.2) is 22.3 Å². The number of hydrogen-bond donors (Lipinski definition) is 1. The number of aromatic nitrogens is 2. The maximum absolute atomic E-state index is 12.7. The Balaban J connectivity index is 1.67. The van der Waals surface area contributed by atoms with Gasteiger partial charge in [-0.2, -0.15) is 5.10 Å². The number of nitrogens with zero attached hydrogens (tertiary/aromatic N) is 2. The van der Waals surface area contributed by atoms with Gasteiger partial charge in [0.05, 0.1) is 11.4 Å². The molecule has 1 amide bonds. The van der Waals surface area contributed by atoms with E-state index in [1.54, 1.807) is 0 Å². The SMILES string of the molecule is C#CCOc1ccc([C@@H]2CC(=O)Nc3c2c(-c2ccccc2)nn3-c2ccccc2)cc1. The molecule has 3 aromatic carbocycles. The van der Waals surface area contributed by atoms with Gasteiger partial charge in [0, 0.05) is 23.5 Å². The molecule has 0 spiro atoms. The van der Waals surface area contributed by atoms with Crippen LogP contribution < -0.4 is 10.1 Å². The molecule has 0 radical (unpaired) electrons. The second-order valence-corrected chi connectivity index (χ2v) is 7.59. The molecule has 1 atom stereocenters. The quantitative estimate of drug-likeness (QED) is 0.462. The molecule has 32 heavy (non-hydrogen) atoms. The average Bonchev–Trinajstić information content (AvgIpc) is 3.23. The first kappa shape index (κ1) is 19.7. The van der Waals surface area contributed by atoms with Crippen LogP contribution in [0, 0.1) is 12.3 Å². The number of hydrogen-bond acceptors (Lipinski definition) is 3. The van der Waals surface area contributed by atoms with E-state index in [2.05, 4.69) is 11.2 Å². The minimum Gasteiger partial charge on any atom is -0.481 e. The van der Waals surface area contributed by atoms with Crippen LogP contribution in [0.3, 0.4) is 0 Å². The Morgan fingerprint density at radius 3 is 2.38 bits per heavy atom. The zero-order valence-electron chi connectivity index (χ0n) is 17.4. The second-order valence-electron chi connectivity index (χ2n) is 7.59. The Kier molecular flexibility index (Phi) is 5.19. The van der Waals surface area contributed by atoms with Crippen molar-refractivity contribution in [3.05, 3.63) is 96.1 Å². The van der Waals surface area contributed by atoms with Crippen LogP contribution in [0.4, 0.5) is 5.82 Å². The molecule has 0 bridgehead atoms. The maximum atomic E-state index is 12.7. The standard InChI is InChI=1S/C27H21N3O2/c1-2-17-32-22-15-13-19(14-16-22)23-18-24(31)28-27-25(23)26(20-9-5-3-6-10-20)29-30(27)21-11-7-4-8-12-21/h1,3-16,23H,17-18H2,(H,28,31)/t23-/m0/s1. The Bertz CT molecular complexity index is 1290. The number of carbonyl (C=O) groups is 1. The number of anilines is 1. The van der Waals surface area contributed by atoms with Gasteiger partial charge in [-0.15, -0.1) is 6.42 Å². The lowest BCUT2D eigenvalue weighted by Gasteiger charge is -2.25. The molecule has 0 fully saturated rings. The third kappa shape index (κ3) is 3.63. The molecule has 0 saturated heterocycles. The summed E-state index contributed by atoms with van der Waals surface area (Å²) >= 11 is 0. The predicted molar refractivity (Wildman–Crippen MR) is 125 cm³/mol. The highest BCUT2D eigenvalue weighted by Crippen LogP contribution is 2.44. The van der Waals surface area contributed by atoms with Crippen molar-refractivity contribution in [3.8, 4) is 35.0 Å². The first-order valence-electron chi connectivity index (χ1n) is 10.4. The molecule has 1 aromatic heterocycles. The molecule has 0 unspecified atom stereocenters. The van der Waals surface area contributed by atoms with E-state index in [4.69, 9.17) is 16.3 Å². The third-order valence-corrected chi connectivity index (χ3v) is 5.57. The van der Waals surface area contributed by atoms with Crippen molar-refractivity contribution in [2.24, 2.45) is 0 Å². The van der Waals surface area contributed by atoms with Gasteiger partial charge in [0.2, 0.25) is 5.91 Å². The maximum Gasteiger partial charge on any atom is 0.226 e. The van der Waals surface area contributed by atoms with Gasteiger partial charge in [0.15, 0.2) is 0 Å². The molecule has 5 rings (SSSR count). The van der Waals surface area contributed by atoms with E-state index in [-0.39, 0.29) is 18.4 Å². The van der Waals surface area contributed by atoms with E-state index in [0.29, 0.717) is 18.0 Å². The van der Waals surface area contributed by atoms with E-state index >= 15 is 0 Å². The molecule has 5 nitrogen and oxygen atoms in total. The number of fused-ring (bicyclic) bond motifs is 1. The Labute approximate surface area is 186 Å². The summed E-state index contributed by atoms with van der Waals surface area (Å²) in [5, 5.41) is 8.03. The van der Waals surface area contributed by atoms with Gasteiger partial charge < -0.3 is 10.1 Å². The summed E-state index contributed by atoms with van der Waals surface area (Å²) in [6.45, 7) is 0.220. The van der Waals surface area contributed by atoms with Crippen LogP contribution in [0.25, 0.3) is 16.9 Å². The lowest BCUT2D eigenvalue weighted by Crippen LogP contribution is -2.24. The van der Waals surface area contributed by atoms with Crippen LogP contribution >= 0.6 is 0 Å². The highest BCUT2D eigenvalue weighted by Gasteiger charge is 2.34. The lowest BCUT2D eigenvalue weighted by atomic mass is 9.84. The van der Waals surface area contributed by atoms with Gasteiger partial charge in [-0.3, -0.25) is 4.79 Å². The number of nitrogens with one attached hydrogen (secondary N) is 1. The summed E-state index contributed by atoms with van der Waals surface area (Å²) in [6, 6.07) is 27.7. The van der Waals surface area contributed by atoms with Crippen molar-refractivity contribution in [2.75, 3.05) is 11.9 Å². The van der Waals surface area contributed by atoms with E-state index in [9.17, 15) is 4.79 Å². The fourth-order valence-electron chi connectivity index (χ4n) is 4.12. The van der Waals surface area contributed by atoms with Crippen molar-refractivity contribution in [3.63, 3.8) is 0 Å². The summed E-state index contributed by atoms with van der Waals surface area (Å²) in [7, 11) is 0. The smallest absolute Gasteiger partial charge is 0.226 e. The van der Waals surface area contributed by atoms with Crippen molar-refractivity contribution >= 4 is 11.7 Å². The fourth-order valence-corrected chi connectivity index (χ4v) is 4.12. The van der Waals surface area contributed by atoms with Gasteiger partial charge in [0.25, 0.3) is 0 Å². The topological polar surface area (TPSA) is 56.1 Å². The van der Waals surface area contributed by atoms with Gasteiger partial charge in [-0.05, 0) is 29.8 Å². The largest absolute Gasteiger partial charge is 0.481 e. The Morgan fingerprint density at radius 1 is 1.00 bits per heavy atom. The van der Waals surface area contributed by atoms with Crippen LogP contribution in [0.1, 0.15) is 23.5 Å². The zero-order valence-corrected chi connectivity index (χ0v) is 17.4. The number of amides is 1. The molecule has 0 aliphatic carbocycles. The number of benzene rings is 3. The monoisotopic (exact) mass is 419 g/mol. The molecule has 156 valence electrons. The van der Waals surface area contributed by atoms with E-state index in [1.165, 1.54) is 0 Å². The van der Waals surface area contributed by atoms with Crippen LogP contribution in [-0.2, 0) is 4.79 Å². The molecule has 2 heterocycles. The molecular weight excluding hydrogens is 398 g/mol. The first-order valence-corrected chi connectivity index (χ1v) is 10.4. The van der Waals surface area contributed by atoms with Crippen molar-refractivity contribution in [1.82, 2.24) is 9.78 Å². The minimum atomic E-state index is -0.131. The van der Waals surface area contributed by atoms with Crippen LogP contribution in [0.2, 0.25) is 0 Å². The van der Waals surface area contributed by atoms with E-state index in [1.807, 2.05) is 89.6 Å². The zero-order chi connectivity index (χ0) is 21.9. The number of terminal acetylenes is 1. The normalized spacial score (nSPS) is 14.8. The molecular formula is C27H21N3O2. The van der Waals surface area contributed by atoms with E-state index < -0.39 is 0 Å². The summed E-state index contributed by atoms with van der Waals surface area (Å²) in [4.78, 5) is 12.7. The van der Waals surface area contributed by atoms with E-state index in [0.717, 1.165) is 28.1 Å². The Hall–Kier alpha value is -4.30. The van der Waals surface area contributed by atoms with Crippen LogP contribution in [0.15, 0.2) is 84.9 Å². The number of rotatable bonds is 5. The number of para-hydroxylation sites is 1. The van der Waals surface area contributed by atoms with Gasteiger partial charge in [-0.1, -0.05) is 66.6 Å². The molecule has 1 aliphatic heterocycles. The highest BCUT2D eigenvalue weighted by molar-refractivity contribution is 5.96. The van der Waals surface area contributed by atoms with Crippen LogP contribution in [0.5, 0.6) is 5.75 Å². The summed E-state index contributed by atoms with van der Waals surface area (Å²) in [6.07, 6.45) is 5.63. The lowest BCUT2D eigenvalue weighted by molar-refractivity contribution is -0.116. The highest BCUT2D eigenvalue weighted by atomic mass is 16.5. The first-order chi connectivity index (χ1) is 15.7. The van der Waals surface area contributed by atoms with Gasteiger partial charge >= 0.3 is 0 Å². The average molecular weight is 419 g/mol. The molecule has 5 heteroatoms. The summed E-state index contributed by atoms with van der Waals surface area (Å²) in [5.74, 6) is 3.72. The summed E-state index contributed by atoms with van der Waals surface area (Å²) in [5.41, 5.74) is 4.80. The van der Waals surface area contributed by atoms with Crippen molar-refractivity contribution in [2.45, 2.75) is 12.3 Å². The van der Waals surface area contributed by atoms with Crippen molar-refractivity contribution < 1.29 is 9.53 Å². The summed E-state index contributed by atoms with van der Waals surface area (Å²) < 4.78 is 7.34. The minimum absolute atomic E-state index is 0.0353. The third-order valence-electron chi connectivity index (χ3n) is 5.57. The Morgan fingerprint density at radius 2 is 1.69 bits per heavy atom. The van der Waals surface area contributed by atoms with Gasteiger partial charge in [0.1, 0.15) is 18.2 Å². The molecule has 1 N–H and O–H groups in total. The molecule has 0 saturated carbocycles. The molecule has 4 aromatic rings. The predicted octanol–water partition coefficient (Wildman–Crippen LogP) is 5.03. The fraction of sp³-hybridized carbons (Fsp3) is 0.111. The number of ether oxygens (including phenoxy) is 1. The van der Waals surface area contributed by atoms with Gasteiger partial charge in [-0.25, -0.2) is 4.68 Å². The number of carbonyl (C=O) groups excluding carboxylic acids is 1. The second kappa shape index (κ2) is 8.44. The van der Waals surface area contributed by atoms with Crippen molar-refractivity contribution in [1.29, 1.82) is 0 Å². The molecule has 1 aliphatic rings.